The van der Waals surface area contributed by atoms with Gasteiger partial charge in [-0.2, -0.15) is 4.31 Å². The van der Waals surface area contributed by atoms with Gasteiger partial charge < -0.3 is 10.5 Å². The summed E-state index contributed by atoms with van der Waals surface area (Å²) in [7, 11) is -2.05. The Hall–Kier alpha value is -0.470. The zero-order valence-electron chi connectivity index (χ0n) is 12.9. The molecule has 0 aliphatic carbocycles. The van der Waals surface area contributed by atoms with Gasteiger partial charge in [-0.1, -0.05) is 13.0 Å². The van der Waals surface area contributed by atoms with Gasteiger partial charge >= 0.3 is 0 Å². The molecule has 5 nitrogen and oxygen atoms in total. The first kappa shape index (κ1) is 18.6. The van der Waals surface area contributed by atoms with Crippen molar-refractivity contribution in [3.05, 3.63) is 27.7 Å². The Morgan fingerprint density at radius 2 is 2.05 bits per heavy atom. The van der Waals surface area contributed by atoms with Gasteiger partial charge in [0.25, 0.3) is 0 Å². The average Bonchev–Trinajstić information content (AvgIpc) is 2.42. The van der Waals surface area contributed by atoms with Crippen LogP contribution in [0.5, 0.6) is 0 Å². The van der Waals surface area contributed by atoms with Gasteiger partial charge in [-0.05, 0) is 47.0 Å². The lowest BCUT2D eigenvalue weighted by molar-refractivity contribution is 0.142. The number of hydrogen-bond donors (Lipinski definition) is 1. The van der Waals surface area contributed by atoms with E-state index in [0.717, 1.165) is 11.1 Å². The number of ether oxygens (including phenoxy) is 1. The molecule has 1 aromatic rings. The summed E-state index contributed by atoms with van der Waals surface area (Å²) in [6, 6.07) is 3.28. The van der Waals surface area contributed by atoms with Crippen LogP contribution in [0.15, 0.2) is 21.5 Å². The molecule has 0 radical (unpaired) electrons. The molecule has 1 atom stereocenters. The molecule has 120 valence electrons. The van der Waals surface area contributed by atoms with E-state index in [1.165, 1.54) is 4.31 Å². The molecule has 0 saturated heterocycles. The molecule has 1 rings (SSSR count). The molecule has 0 aliphatic heterocycles. The summed E-state index contributed by atoms with van der Waals surface area (Å²) in [6.07, 6.45) is 0. The van der Waals surface area contributed by atoms with Crippen molar-refractivity contribution >= 4 is 26.0 Å². The van der Waals surface area contributed by atoms with E-state index in [-0.39, 0.29) is 10.9 Å². The zero-order valence-corrected chi connectivity index (χ0v) is 15.3. The number of likely N-dealkylation sites (N-methyl/N-ethyl adjacent to an activating group) is 1. The van der Waals surface area contributed by atoms with Crippen molar-refractivity contribution in [3.63, 3.8) is 0 Å². The number of halogens is 1. The predicted octanol–water partition coefficient (Wildman–Crippen LogP) is 2.26. The second-order valence-electron chi connectivity index (χ2n) is 4.94. The van der Waals surface area contributed by atoms with Crippen molar-refractivity contribution < 1.29 is 13.2 Å². The van der Waals surface area contributed by atoms with E-state index in [2.05, 4.69) is 15.9 Å². The Morgan fingerprint density at radius 1 is 1.43 bits per heavy atom. The molecule has 0 aromatic heterocycles. The van der Waals surface area contributed by atoms with E-state index in [1.807, 2.05) is 26.8 Å². The molecule has 0 amide bonds. The quantitative estimate of drug-likeness (QED) is 0.789. The Balaban J connectivity index is 3.38. The van der Waals surface area contributed by atoms with Gasteiger partial charge in [-0.15, -0.1) is 0 Å². The number of methoxy groups -OCH3 is 1. The van der Waals surface area contributed by atoms with Crippen LogP contribution < -0.4 is 5.73 Å². The fourth-order valence-corrected chi connectivity index (χ4v) is 4.94. The Bertz CT molecular complexity index is 590. The van der Waals surface area contributed by atoms with Crippen molar-refractivity contribution in [3.8, 4) is 0 Å². The first-order valence-corrected chi connectivity index (χ1v) is 9.02. The van der Waals surface area contributed by atoms with Gasteiger partial charge in [0, 0.05) is 30.7 Å². The van der Waals surface area contributed by atoms with Crippen molar-refractivity contribution in [1.29, 1.82) is 0 Å². The van der Waals surface area contributed by atoms with Crippen molar-refractivity contribution in [2.24, 2.45) is 5.73 Å². The minimum atomic E-state index is -3.61. The van der Waals surface area contributed by atoms with Crippen LogP contribution >= 0.6 is 15.9 Å². The van der Waals surface area contributed by atoms with E-state index in [4.69, 9.17) is 10.5 Å². The highest BCUT2D eigenvalue weighted by molar-refractivity contribution is 9.10. The number of rotatable bonds is 7. The molecule has 7 heteroatoms. The first-order valence-electron chi connectivity index (χ1n) is 6.79. The molecular weight excluding hydrogens is 356 g/mol. The smallest absolute Gasteiger partial charge is 0.244 e. The highest BCUT2D eigenvalue weighted by Gasteiger charge is 2.30. The van der Waals surface area contributed by atoms with Crippen LogP contribution in [-0.4, -0.2) is 39.0 Å². The van der Waals surface area contributed by atoms with Crippen LogP contribution in [0, 0.1) is 6.92 Å². The monoisotopic (exact) mass is 378 g/mol. The number of benzene rings is 1. The van der Waals surface area contributed by atoms with Gasteiger partial charge in [0.1, 0.15) is 0 Å². The molecule has 0 saturated carbocycles. The Kier molecular flexibility index (Phi) is 6.80. The Morgan fingerprint density at radius 3 is 2.52 bits per heavy atom. The average molecular weight is 379 g/mol. The number of nitrogens with two attached hydrogens (primary N) is 1. The largest absolute Gasteiger partial charge is 0.383 e. The minimum Gasteiger partial charge on any atom is -0.383 e. The minimum absolute atomic E-state index is 0.237. The third-order valence-electron chi connectivity index (χ3n) is 3.31. The summed E-state index contributed by atoms with van der Waals surface area (Å²) in [5.41, 5.74) is 7.30. The van der Waals surface area contributed by atoms with Crippen molar-refractivity contribution in [2.45, 2.75) is 38.3 Å². The molecular formula is C14H23BrN2O3S. The fourth-order valence-electron chi connectivity index (χ4n) is 2.28. The van der Waals surface area contributed by atoms with Crippen molar-refractivity contribution in [2.75, 3.05) is 20.3 Å². The normalized spacial score (nSPS) is 13.7. The summed E-state index contributed by atoms with van der Waals surface area (Å²) in [4.78, 5) is 0.257. The van der Waals surface area contributed by atoms with Gasteiger partial charge in [0.2, 0.25) is 10.0 Å². The standard InChI is InChI=1S/C14H23BrN2O3S/c1-5-17(11(3)9-20-4)21(18,19)13-7-12(8-16)6-10(2)14(13)15/h6-7,11H,5,8-9,16H2,1-4H3. The molecule has 21 heavy (non-hydrogen) atoms. The number of nitrogens with zero attached hydrogens (tertiary/aromatic N) is 1. The number of sulfonamides is 1. The van der Waals surface area contributed by atoms with Gasteiger partial charge in [-0.3, -0.25) is 0 Å². The summed E-state index contributed by atoms with van der Waals surface area (Å²) >= 11 is 3.39. The van der Waals surface area contributed by atoms with E-state index >= 15 is 0 Å². The van der Waals surface area contributed by atoms with E-state index in [1.54, 1.807) is 13.2 Å². The highest BCUT2D eigenvalue weighted by Crippen LogP contribution is 2.30. The lowest BCUT2D eigenvalue weighted by Gasteiger charge is -2.27. The number of hydrogen-bond acceptors (Lipinski definition) is 4. The Labute approximate surface area is 135 Å². The van der Waals surface area contributed by atoms with Crippen LogP contribution in [-0.2, 0) is 21.3 Å². The van der Waals surface area contributed by atoms with E-state index in [0.29, 0.717) is 24.2 Å². The first-order chi connectivity index (χ1) is 9.79. The maximum absolute atomic E-state index is 12.9. The SMILES string of the molecule is CCN(C(C)COC)S(=O)(=O)c1cc(CN)cc(C)c1Br. The summed E-state index contributed by atoms with van der Waals surface area (Å²) in [5.74, 6) is 0. The molecule has 1 unspecified atom stereocenters. The van der Waals surface area contributed by atoms with Crippen LogP contribution in [0.4, 0.5) is 0 Å². The van der Waals surface area contributed by atoms with Gasteiger partial charge in [-0.25, -0.2) is 8.42 Å². The van der Waals surface area contributed by atoms with E-state index < -0.39 is 10.0 Å². The zero-order chi connectivity index (χ0) is 16.2. The molecule has 0 fully saturated rings. The molecule has 0 aliphatic rings. The molecule has 0 heterocycles. The topological polar surface area (TPSA) is 72.6 Å². The van der Waals surface area contributed by atoms with Gasteiger partial charge in [0.05, 0.1) is 11.5 Å². The highest BCUT2D eigenvalue weighted by atomic mass is 79.9. The van der Waals surface area contributed by atoms with Crippen LogP contribution in [0.25, 0.3) is 0 Å². The summed E-state index contributed by atoms with van der Waals surface area (Å²) < 4.78 is 32.9. The van der Waals surface area contributed by atoms with Crippen LogP contribution in [0.2, 0.25) is 0 Å². The van der Waals surface area contributed by atoms with E-state index in [9.17, 15) is 8.42 Å². The third-order valence-corrected chi connectivity index (χ3v) is 6.74. The fraction of sp³-hybridized carbons (Fsp3) is 0.571. The van der Waals surface area contributed by atoms with Crippen LogP contribution in [0.3, 0.4) is 0 Å². The molecule has 0 bridgehead atoms. The van der Waals surface area contributed by atoms with Crippen molar-refractivity contribution in [1.82, 2.24) is 4.31 Å². The maximum atomic E-state index is 12.9. The predicted molar refractivity (Wildman–Crippen MR) is 87.7 cm³/mol. The summed E-state index contributed by atoms with van der Waals surface area (Å²) in [6.45, 7) is 6.54. The van der Waals surface area contributed by atoms with Gasteiger partial charge in [0.15, 0.2) is 0 Å². The lowest BCUT2D eigenvalue weighted by atomic mass is 10.1. The molecule has 0 spiro atoms. The lowest BCUT2D eigenvalue weighted by Crippen LogP contribution is -2.41. The molecule has 1 aromatic carbocycles. The second-order valence-corrected chi connectivity index (χ2v) is 7.59. The van der Waals surface area contributed by atoms with Crippen LogP contribution in [0.1, 0.15) is 25.0 Å². The second kappa shape index (κ2) is 7.69. The maximum Gasteiger partial charge on any atom is 0.244 e. The molecule has 2 N–H and O–H groups in total. The number of aryl methyl sites for hydroxylation is 1. The third kappa shape index (κ3) is 4.04. The summed E-state index contributed by atoms with van der Waals surface area (Å²) in [5, 5.41) is 0.